The Balaban J connectivity index is 1.48. The Labute approximate surface area is 169 Å². The van der Waals surface area contributed by atoms with Crippen LogP contribution in [0, 0.1) is 11.6 Å². The van der Waals surface area contributed by atoms with Gasteiger partial charge in [0.05, 0.1) is 0 Å². The molecule has 1 saturated heterocycles. The Morgan fingerprint density at radius 3 is 2.59 bits per heavy atom. The van der Waals surface area contributed by atoms with Gasteiger partial charge in [0.25, 0.3) is 5.91 Å². The van der Waals surface area contributed by atoms with E-state index in [1.165, 1.54) is 6.07 Å². The number of hydrogen-bond donors (Lipinski definition) is 1. The number of carbonyl (C=O) groups excluding carboxylic acids is 1. The zero-order chi connectivity index (χ0) is 20.6. The zero-order valence-corrected chi connectivity index (χ0v) is 16.5. The van der Waals surface area contributed by atoms with Crippen LogP contribution in [-0.2, 0) is 11.3 Å². The summed E-state index contributed by atoms with van der Waals surface area (Å²) in [7, 11) is 2.09. The smallest absolute Gasteiger partial charge is 0.257 e. The Bertz CT molecular complexity index is 805. The van der Waals surface area contributed by atoms with Gasteiger partial charge in [0.2, 0.25) is 0 Å². The lowest BCUT2D eigenvalue weighted by Crippen LogP contribution is -2.38. The van der Waals surface area contributed by atoms with Crippen molar-refractivity contribution in [1.82, 2.24) is 10.2 Å². The van der Waals surface area contributed by atoms with Crippen LogP contribution in [0.1, 0.15) is 28.8 Å². The van der Waals surface area contributed by atoms with Crippen LogP contribution in [0.5, 0.6) is 5.75 Å². The van der Waals surface area contributed by atoms with E-state index in [9.17, 15) is 13.6 Å². The van der Waals surface area contributed by atoms with Crippen molar-refractivity contribution in [3.8, 4) is 5.75 Å². The van der Waals surface area contributed by atoms with Crippen LogP contribution in [-0.4, -0.2) is 50.3 Å². The molecule has 3 rings (SSSR count). The van der Waals surface area contributed by atoms with Crippen LogP contribution in [0.15, 0.2) is 42.5 Å². The summed E-state index contributed by atoms with van der Waals surface area (Å²) in [5, 5.41) is 2.55. The Morgan fingerprint density at radius 1 is 1.17 bits per heavy atom. The molecule has 1 fully saturated rings. The van der Waals surface area contributed by atoms with Crippen LogP contribution in [0.25, 0.3) is 0 Å². The molecule has 29 heavy (non-hydrogen) atoms. The molecule has 0 aliphatic carbocycles. The normalized spacial score (nSPS) is 14.8. The largest absolute Gasteiger partial charge is 0.492 e. The highest BCUT2D eigenvalue weighted by atomic mass is 19.1. The second-order valence-electron chi connectivity index (χ2n) is 7.10. The van der Waals surface area contributed by atoms with E-state index in [0.717, 1.165) is 50.3 Å². The van der Waals surface area contributed by atoms with Crippen molar-refractivity contribution in [3.63, 3.8) is 0 Å². The minimum Gasteiger partial charge on any atom is -0.492 e. The van der Waals surface area contributed by atoms with Crippen molar-refractivity contribution in [1.29, 1.82) is 0 Å². The van der Waals surface area contributed by atoms with E-state index in [1.807, 2.05) is 24.3 Å². The molecule has 156 valence electrons. The first kappa shape index (κ1) is 21.2. The third-order valence-corrected chi connectivity index (χ3v) is 5.07. The molecule has 0 unspecified atom stereocenters. The summed E-state index contributed by atoms with van der Waals surface area (Å²) in [5.74, 6) is -1.86. The molecule has 0 atom stereocenters. The van der Waals surface area contributed by atoms with Crippen LogP contribution in [0.2, 0.25) is 0 Å². The quantitative estimate of drug-likeness (QED) is 0.733. The highest BCUT2D eigenvalue weighted by Crippen LogP contribution is 2.16. The Kier molecular flexibility index (Phi) is 7.55. The van der Waals surface area contributed by atoms with E-state index in [4.69, 9.17) is 9.47 Å². The first-order valence-electron chi connectivity index (χ1n) is 9.76. The summed E-state index contributed by atoms with van der Waals surface area (Å²) >= 11 is 0. The Hall–Kier alpha value is -2.51. The molecule has 1 N–H and O–H groups in total. The van der Waals surface area contributed by atoms with Gasteiger partial charge in [-0.15, -0.1) is 0 Å². The Morgan fingerprint density at radius 2 is 1.86 bits per heavy atom. The van der Waals surface area contributed by atoms with Gasteiger partial charge in [0.15, 0.2) is 0 Å². The maximum atomic E-state index is 13.7. The van der Waals surface area contributed by atoms with Gasteiger partial charge in [-0.3, -0.25) is 9.69 Å². The van der Waals surface area contributed by atoms with Crippen molar-refractivity contribution in [2.24, 2.45) is 0 Å². The molecule has 1 amide bonds. The number of likely N-dealkylation sites (N-methyl/N-ethyl adjacent to an activating group) is 1. The fourth-order valence-electron chi connectivity index (χ4n) is 3.35. The van der Waals surface area contributed by atoms with Crippen molar-refractivity contribution >= 4 is 5.91 Å². The molecule has 0 aromatic heterocycles. The number of halogens is 2. The maximum Gasteiger partial charge on any atom is 0.257 e. The van der Waals surface area contributed by atoms with Gasteiger partial charge in [-0.05, 0) is 49.7 Å². The topological polar surface area (TPSA) is 50.8 Å². The van der Waals surface area contributed by atoms with E-state index in [0.29, 0.717) is 18.4 Å². The molecule has 0 radical (unpaired) electrons. The molecule has 2 aromatic rings. The number of ether oxygens (including phenoxy) is 2. The summed E-state index contributed by atoms with van der Waals surface area (Å²) in [5.41, 5.74) is 0.210. The van der Waals surface area contributed by atoms with Crippen LogP contribution < -0.4 is 10.1 Å². The highest BCUT2D eigenvalue weighted by Gasteiger charge is 2.18. The number of benzene rings is 2. The number of amides is 1. The molecule has 1 heterocycles. The van der Waals surface area contributed by atoms with Gasteiger partial charge in [0.1, 0.15) is 29.6 Å². The molecule has 0 bridgehead atoms. The average molecular weight is 404 g/mol. The monoisotopic (exact) mass is 404 g/mol. The fraction of sp³-hybridized carbons (Fsp3) is 0.409. The minimum atomic E-state index is -0.881. The minimum absolute atomic E-state index is 0.145. The number of carbonyl (C=O) groups is 1. The molecule has 1 aliphatic heterocycles. The van der Waals surface area contributed by atoms with Gasteiger partial charge in [0, 0.05) is 32.3 Å². The maximum absolute atomic E-state index is 13.7. The van der Waals surface area contributed by atoms with E-state index < -0.39 is 23.1 Å². The van der Waals surface area contributed by atoms with E-state index >= 15 is 0 Å². The first-order valence-corrected chi connectivity index (χ1v) is 9.76. The summed E-state index contributed by atoms with van der Waals surface area (Å²) in [6, 6.07) is 11.2. The predicted octanol–water partition coefficient (Wildman–Crippen LogP) is 3.38. The number of nitrogens with zero attached hydrogens (tertiary/aromatic N) is 1. The summed E-state index contributed by atoms with van der Waals surface area (Å²) in [6.07, 6.45) is 2.07. The fourth-order valence-corrected chi connectivity index (χ4v) is 3.35. The second kappa shape index (κ2) is 10.3. The molecule has 7 heteroatoms. The molecule has 0 saturated carbocycles. The molecule has 5 nitrogen and oxygen atoms in total. The van der Waals surface area contributed by atoms with E-state index in [2.05, 4.69) is 17.3 Å². The standard InChI is InChI=1S/C22H26F2N2O3/c1-26(17-8-11-28-12-9-17)10-13-29-18-5-2-4-16(14-18)15-25-22(27)21-19(23)6-3-7-20(21)24/h2-7,14,17H,8-13,15H2,1H3,(H,25,27). The van der Waals surface area contributed by atoms with Crippen molar-refractivity contribution in [2.45, 2.75) is 25.4 Å². The lowest BCUT2D eigenvalue weighted by molar-refractivity contribution is 0.0392. The average Bonchev–Trinajstić information content (AvgIpc) is 2.73. The molecule has 0 spiro atoms. The van der Waals surface area contributed by atoms with Crippen molar-refractivity contribution in [3.05, 3.63) is 65.2 Å². The zero-order valence-electron chi connectivity index (χ0n) is 16.5. The number of nitrogens with one attached hydrogen (secondary N) is 1. The number of hydrogen-bond acceptors (Lipinski definition) is 4. The van der Waals surface area contributed by atoms with Gasteiger partial charge in [-0.1, -0.05) is 18.2 Å². The van der Waals surface area contributed by atoms with Gasteiger partial charge in [-0.25, -0.2) is 8.78 Å². The number of rotatable bonds is 8. The van der Waals surface area contributed by atoms with Crippen LogP contribution in [0.3, 0.4) is 0 Å². The third kappa shape index (κ3) is 5.98. The predicted molar refractivity (Wildman–Crippen MR) is 106 cm³/mol. The van der Waals surface area contributed by atoms with Crippen LogP contribution >= 0.6 is 0 Å². The summed E-state index contributed by atoms with van der Waals surface area (Å²) in [6.45, 7) is 3.11. The molecular formula is C22H26F2N2O3. The first-order chi connectivity index (χ1) is 14.0. The van der Waals surface area contributed by atoms with Crippen molar-refractivity contribution < 1.29 is 23.0 Å². The van der Waals surface area contributed by atoms with Gasteiger partial charge < -0.3 is 14.8 Å². The van der Waals surface area contributed by atoms with E-state index in [-0.39, 0.29) is 6.54 Å². The lowest BCUT2D eigenvalue weighted by atomic mass is 10.1. The molecule has 2 aromatic carbocycles. The molecule has 1 aliphatic rings. The summed E-state index contributed by atoms with van der Waals surface area (Å²) in [4.78, 5) is 14.4. The SMILES string of the molecule is CN(CCOc1cccc(CNC(=O)c2c(F)cccc2F)c1)C1CCOCC1. The highest BCUT2D eigenvalue weighted by molar-refractivity contribution is 5.94. The van der Waals surface area contributed by atoms with Crippen LogP contribution in [0.4, 0.5) is 8.78 Å². The van der Waals surface area contributed by atoms with Gasteiger partial charge >= 0.3 is 0 Å². The lowest BCUT2D eigenvalue weighted by Gasteiger charge is -2.31. The summed E-state index contributed by atoms with van der Waals surface area (Å²) < 4.78 is 38.6. The van der Waals surface area contributed by atoms with Gasteiger partial charge in [-0.2, -0.15) is 0 Å². The molecular weight excluding hydrogens is 378 g/mol. The van der Waals surface area contributed by atoms with Crippen molar-refractivity contribution in [2.75, 3.05) is 33.4 Å². The second-order valence-corrected chi connectivity index (χ2v) is 7.10. The van der Waals surface area contributed by atoms with E-state index in [1.54, 1.807) is 0 Å². The third-order valence-electron chi connectivity index (χ3n) is 5.07.